The summed E-state index contributed by atoms with van der Waals surface area (Å²) in [5.41, 5.74) is 4.63. The van der Waals surface area contributed by atoms with Crippen LogP contribution in [0.4, 0.5) is 4.39 Å². The molecule has 0 N–H and O–H groups in total. The van der Waals surface area contributed by atoms with E-state index < -0.39 is 0 Å². The van der Waals surface area contributed by atoms with Gasteiger partial charge >= 0.3 is 0 Å². The predicted octanol–water partition coefficient (Wildman–Crippen LogP) is 6.17. The molecule has 0 unspecified atom stereocenters. The molecular formula is C23H24ClFN2. The fourth-order valence-electron chi connectivity index (χ4n) is 3.91. The zero-order valence-corrected chi connectivity index (χ0v) is 16.5. The first-order chi connectivity index (χ1) is 13.0. The standard InChI is InChI=1S/C23H24ClFN2/c1-16(2)14-26-11-9-17(10-12-26)22-15-27(20-6-4-19(25)5-7-20)23-8-3-18(24)13-21(22)23/h3-9,13,15-16H,10-12,14H2,1-2H3. The molecule has 1 aliphatic heterocycles. The van der Waals surface area contributed by atoms with Crippen LogP contribution in [0.15, 0.2) is 54.7 Å². The van der Waals surface area contributed by atoms with Crippen LogP contribution in [0.25, 0.3) is 22.2 Å². The molecule has 0 spiro atoms. The molecule has 2 heterocycles. The highest BCUT2D eigenvalue weighted by Gasteiger charge is 2.18. The average Bonchev–Trinajstić information content (AvgIpc) is 3.01. The lowest BCUT2D eigenvalue weighted by molar-refractivity contribution is 0.268. The third-order valence-electron chi connectivity index (χ3n) is 5.13. The van der Waals surface area contributed by atoms with Crippen molar-refractivity contribution in [2.45, 2.75) is 20.3 Å². The van der Waals surface area contributed by atoms with Gasteiger partial charge in [0.05, 0.1) is 5.52 Å². The number of hydrogen-bond donors (Lipinski definition) is 0. The number of aromatic nitrogens is 1. The van der Waals surface area contributed by atoms with Crippen molar-refractivity contribution in [1.29, 1.82) is 0 Å². The predicted molar refractivity (Wildman–Crippen MR) is 112 cm³/mol. The van der Waals surface area contributed by atoms with Crippen LogP contribution < -0.4 is 0 Å². The van der Waals surface area contributed by atoms with Crippen molar-refractivity contribution in [1.82, 2.24) is 9.47 Å². The van der Waals surface area contributed by atoms with Crippen LogP contribution in [-0.2, 0) is 0 Å². The van der Waals surface area contributed by atoms with Crippen LogP contribution in [0.1, 0.15) is 25.8 Å². The van der Waals surface area contributed by atoms with Gasteiger partial charge in [0, 0.05) is 47.5 Å². The van der Waals surface area contributed by atoms with Gasteiger partial charge in [0.1, 0.15) is 5.82 Å². The molecule has 27 heavy (non-hydrogen) atoms. The second-order valence-corrected chi connectivity index (χ2v) is 8.12. The topological polar surface area (TPSA) is 8.17 Å². The molecule has 2 aromatic carbocycles. The summed E-state index contributed by atoms with van der Waals surface area (Å²) >= 11 is 6.30. The molecule has 4 heteroatoms. The molecule has 3 aromatic rings. The summed E-state index contributed by atoms with van der Waals surface area (Å²) in [4.78, 5) is 2.50. The first kappa shape index (κ1) is 18.3. The van der Waals surface area contributed by atoms with Crippen LogP contribution >= 0.6 is 11.6 Å². The molecule has 1 aliphatic rings. The van der Waals surface area contributed by atoms with Crippen molar-refractivity contribution in [3.05, 3.63) is 71.1 Å². The summed E-state index contributed by atoms with van der Waals surface area (Å²) in [5, 5.41) is 1.88. The Kier molecular flexibility index (Phi) is 5.07. The highest BCUT2D eigenvalue weighted by Crippen LogP contribution is 2.34. The van der Waals surface area contributed by atoms with Crippen molar-refractivity contribution in [2.24, 2.45) is 5.92 Å². The van der Waals surface area contributed by atoms with E-state index in [2.05, 4.69) is 35.6 Å². The molecule has 0 radical (unpaired) electrons. The quantitative estimate of drug-likeness (QED) is 0.524. The van der Waals surface area contributed by atoms with Gasteiger partial charge in [0.2, 0.25) is 0 Å². The summed E-state index contributed by atoms with van der Waals surface area (Å²) in [6.07, 6.45) is 5.54. The van der Waals surface area contributed by atoms with Gasteiger partial charge in [-0.2, -0.15) is 0 Å². The molecule has 4 rings (SSSR count). The monoisotopic (exact) mass is 382 g/mol. The first-order valence-corrected chi connectivity index (χ1v) is 9.87. The van der Waals surface area contributed by atoms with Crippen LogP contribution in [-0.4, -0.2) is 29.1 Å². The lowest BCUT2D eigenvalue weighted by atomic mass is 9.98. The summed E-state index contributed by atoms with van der Waals surface area (Å²) < 4.78 is 15.5. The zero-order valence-electron chi connectivity index (χ0n) is 15.8. The number of fused-ring (bicyclic) bond motifs is 1. The molecular weight excluding hydrogens is 359 g/mol. The van der Waals surface area contributed by atoms with Crippen LogP contribution in [0.2, 0.25) is 5.02 Å². The minimum absolute atomic E-state index is 0.223. The number of halogens is 2. The van der Waals surface area contributed by atoms with E-state index in [0.29, 0.717) is 5.92 Å². The van der Waals surface area contributed by atoms with Crippen molar-refractivity contribution < 1.29 is 4.39 Å². The van der Waals surface area contributed by atoms with Crippen LogP contribution in [0, 0.1) is 11.7 Å². The molecule has 0 fully saturated rings. The Balaban J connectivity index is 1.76. The zero-order chi connectivity index (χ0) is 19.0. The molecule has 0 saturated heterocycles. The fourth-order valence-corrected chi connectivity index (χ4v) is 4.08. The third-order valence-corrected chi connectivity index (χ3v) is 5.37. The van der Waals surface area contributed by atoms with E-state index in [1.54, 1.807) is 0 Å². The molecule has 1 aromatic heterocycles. The van der Waals surface area contributed by atoms with Crippen LogP contribution in [0.5, 0.6) is 0 Å². The highest BCUT2D eigenvalue weighted by atomic mass is 35.5. The second-order valence-electron chi connectivity index (χ2n) is 7.68. The Morgan fingerprint density at radius 1 is 1.11 bits per heavy atom. The van der Waals surface area contributed by atoms with Crippen molar-refractivity contribution in [3.8, 4) is 5.69 Å². The van der Waals surface area contributed by atoms with E-state index in [-0.39, 0.29) is 5.82 Å². The smallest absolute Gasteiger partial charge is 0.123 e. The van der Waals surface area contributed by atoms with Gasteiger partial charge in [-0.15, -0.1) is 0 Å². The minimum Gasteiger partial charge on any atom is -0.316 e. The summed E-state index contributed by atoms with van der Waals surface area (Å²) in [6.45, 7) is 7.72. The number of rotatable bonds is 4. The number of nitrogens with zero attached hydrogens (tertiary/aromatic N) is 2. The number of hydrogen-bond acceptors (Lipinski definition) is 1. The SMILES string of the molecule is CC(C)CN1CC=C(c2cn(-c3ccc(F)cc3)c3ccc(Cl)cc23)CC1. The van der Waals surface area contributed by atoms with Gasteiger partial charge in [-0.1, -0.05) is 31.5 Å². The van der Waals surface area contributed by atoms with Gasteiger partial charge in [0.25, 0.3) is 0 Å². The third kappa shape index (κ3) is 3.80. The Bertz CT molecular complexity index is 986. The maximum absolute atomic E-state index is 13.4. The Morgan fingerprint density at radius 3 is 2.56 bits per heavy atom. The van der Waals surface area contributed by atoms with Gasteiger partial charge in [-0.3, -0.25) is 4.90 Å². The first-order valence-electron chi connectivity index (χ1n) is 9.49. The Labute approximate surface area is 164 Å². The molecule has 2 nitrogen and oxygen atoms in total. The minimum atomic E-state index is -0.223. The van der Waals surface area contributed by atoms with Gasteiger partial charge < -0.3 is 4.57 Å². The Hall–Kier alpha value is -2.10. The highest BCUT2D eigenvalue weighted by molar-refractivity contribution is 6.31. The molecule has 0 amide bonds. The second kappa shape index (κ2) is 7.49. The van der Waals surface area contributed by atoms with Gasteiger partial charge in [-0.25, -0.2) is 4.39 Å². The normalized spacial score (nSPS) is 15.5. The van der Waals surface area contributed by atoms with E-state index in [1.807, 2.05) is 30.3 Å². The van der Waals surface area contributed by atoms with E-state index in [0.717, 1.165) is 47.7 Å². The largest absolute Gasteiger partial charge is 0.316 e. The van der Waals surface area contributed by atoms with Crippen LogP contribution in [0.3, 0.4) is 0 Å². The molecule has 0 saturated carbocycles. The molecule has 140 valence electrons. The fraction of sp³-hybridized carbons (Fsp3) is 0.304. The lowest BCUT2D eigenvalue weighted by Gasteiger charge is -2.27. The van der Waals surface area contributed by atoms with Crippen molar-refractivity contribution in [3.63, 3.8) is 0 Å². The van der Waals surface area contributed by atoms with Crippen molar-refractivity contribution in [2.75, 3.05) is 19.6 Å². The van der Waals surface area contributed by atoms with E-state index >= 15 is 0 Å². The molecule has 0 atom stereocenters. The molecule has 0 bridgehead atoms. The van der Waals surface area contributed by atoms with Crippen molar-refractivity contribution >= 4 is 28.1 Å². The van der Waals surface area contributed by atoms with Gasteiger partial charge in [-0.05, 0) is 60.4 Å². The van der Waals surface area contributed by atoms with Gasteiger partial charge in [0.15, 0.2) is 0 Å². The molecule has 0 aliphatic carbocycles. The summed E-state index contributed by atoms with van der Waals surface area (Å²) in [5.74, 6) is 0.456. The maximum atomic E-state index is 13.4. The van der Waals surface area contributed by atoms with E-state index in [9.17, 15) is 4.39 Å². The van der Waals surface area contributed by atoms with E-state index in [4.69, 9.17) is 11.6 Å². The summed E-state index contributed by atoms with van der Waals surface area (Å²) in [7, 11) is 0. The maximum Gasteiger partial charge on any atom is 0.123 e. The van der Waals surface area contributed by atoms with E-state index in [1.165, 1.54) is 23.3 Å². The lowest BCUT2D eigenvalue weighted by Crippen LogP contribution is -2.31. The average molecular weight is 383 g/mol. The summed E-state index contributed by atoms with van der Waals surface area (Å²) in [6, 6.07) is 12.6. The number of benzene rings is 2. The Morgan fingerprint density at radius 2 is 1.89 bits per heavy atom.